The van der Waals surface area contributed by atoms with Crippen molar-refractivity contribution >= 4 is 23.3 Å². The topological polar surface area (TPSA) is 43.4 Å². The first-order valence-corrected chi connectivity index (χ1v) is 7.88. The van der Waals surface area contributed by atoms with Crippen LogP contribution in [0.2, 0.25) is 0 Å². The van der Waals surface area contributed by atoms with Crippen LogP contribution in [-0.4, -0.2) is 25.8 Å². The van der Waals surface area contributed by atoms with E-state index < -0.39 is 0 Å². The third kappa shape index (κ3) is 2.95. The highest BCUT2D eigenvalue weighted by atomic mass is 16.5. The van der Waals surface area contributed by atoms with Gasteiger partial charge >= 0.3 is 0 Å². The molecule has 0 spiro atoms. The number of carbonyl (C=O) groups excluding carboxylic acids is 2. The van der Waals surface area contributed by atoms with Gasteiger partial charge in [-0.15, -0.1) is 0 Å². The average molecular weight is 296 g/mol. The van der Waals surface area contributed by atoms with Crippen molar-refractivity contribution in [3.8, 4) is 0 Å². The highest BCUT2D eigenvalue weighted by molar-refractivity contribution is 6.05. The van der Waals surface area contributed by atoms with Crippen molar-refractivity contribution in [1.82, 2.24) is 0 Å². The summed E-state index contributed by atoms with van der Waals surface area (Å²) in [6.07, 6.45) is 6.05. The molecule has 3 rings (SSSR count). The van der Waals surface area contributed by atoms with Crippen LogP contribution in [0.1, 0.15) is 57.9 Å². The lowest BCUT2D eigenvalue weighted by Crippen LogP contribution is -2.09. The van der Waals surface area contributed by atoms with E-state index in [9.17, 15) is 9.59 Å². The van der Waals surface area contributed by atoms with Crippen LogP contribution in [-0.2, 0) is 4.74 Å². The van der Waals surface area contributed by atoms with Gasteiger partial charge in [-0.1, -0.05) is 36.8 Å². The molecular formula is C19H20O3. The minimum atomic E-state index is 0.453. The first-order valence-electron chi connectivity index (χ1n) is 7.88. The minimum absolute atomic E-state index is 0.453. The van der Waals surface area contributed by atoms with Crippen LogP contribution in [0.5, 0.6) is 0 Å². The van der Waals surface area contributed by atoms with Crippen molar-refractivity contribution < 1.29 is 14.3 Å². The summed E-state index contributed by atoms with van der Waals surface area (Å²) in [7, 11) is 0. The number of aldehydes is 2. The van der Waals surface area contributed by atoms with E-state index in [0.29, 0.717) is 17.0 Å². The monoisotopic (exact) mass is 296 g/mol. The third-order valence-electron chi connectivity index (χ3n) is 4.54. The maximum absolute atomic E-state index is 11.3. The molecular weight excluding hydrogens is 276 g/mol. The summed E-state index contributed by atoms with van der Waals surface area (Å²) in [6, 6.07) is 9.87. The summed E-state index contributed by atoms with van der Waals surface area (Å²) in [5, 5.41) is 1.87. The molecule has 22 heavy (non-hydrogen) atoms. The Morgan fingerprint density at radius 1 is 0.955 bits per heavy atom. The van der Waals surface area contributed by atoms with Gasteiger partial charge in [-0.3, -0.25) is 9.59 Å². The first kappa shape index (κ1) is 14.9. The molecule has 0 radical (unpaired) electrons. The number of ether oxygens (including phenoxy) is 1. The molecule has 0 N–H and O–H groups in total. The third-order valence-corrected chi connectivity index (χ3v) is 4.54. The molecule has 0 aromatic heterocycles. The van der Waals surface area contributed by atoms with Crippen LogP contribution in [0.3, 0.4) is 0 Å². The quantitative estimate of drug-likeness (QED) is 0.800. The molecule has 0 aliphatic carbocycles. The predicted octanol–water partition coefficient (Wildman–Crippen LogP) is 4.14. The smallest absolute Gasteiger partial charge is 0.151 e. The van der Waals surface area contributed by atoms with Crippen LogP contribution in [0, 0.1) is 0 Å². The summed E-state index contributed by atoms with van der Waals surface area (Å²) in [5.74, 6) is 0.509. The summed E-state index contributed by atoms with van der Waals surface area (Å²) >= 11 is 0. The fourth-order valence-corrected chi connectivity index (χ4v) is 3.28. The molecule has 0 bridgehead atoms. The Hall–Kier alpha value is -2.00. The van der Waals surface area contributed by atoms with Gasteiger partial charge in [0, 0.05) is 24.3 Å². The Labute approximate surface area is 130 Å². The normalized spacial score (nSPS) is 19.4. The van der Waals surface area contributed by atoms with E-state index >= 15 is 0 Å². The summed E-state index contributed by atoms with van der Waals surface area (Å²) in [6.45, 7) is 1.69. The number of hydrogen-bond acceptors (Lipinski definition) is 3. The van der Waals surface area contributed by atoms with Gasteiger partial charge in [0.25, 0.3) is 0 Å². The number of benzene rings is 2. The lowest BCUT2D eigenvalue weighted by Gasteiger charge is -2.21. The molecule has 1 unspecified atom stereocenters. The van der Waals surface area contributed by atoms with Gasteiger partial charge in [0.15, 0.2) is 12.6 Å². The zero-order chi connectivity index (χ0) is 15.4. The van der Waals surface area contributed by atoms with Crippen LogP contribution in [0.4, 0.5) is 0 Å². The van der Waals surface area contributed by atoms with Gasteiger partial charge in [0.2, 0.25) is 0 Å². The second kappa shape index (κ2) is 6.84. The number of rotatable bonds is 3. The summed E-state index contributed by atoms with van der Waals surface area (Å²) < 4.78 is 5.60. The zero-order valence-corrected chi connectivity index (χ0v) is 12.6. The summed E-state index contributed by atoms with van der Waals surface area (Å²) in [4.78, 5) is 22.3. The molecule has 0 saturated carbocycles. The average Bonchev–Trinajstić information content (AvgIpc) is 2.53. The van der Waals surface area contributed by atoms with Crippen LogP contribution in [0.25, 0.3) is 10.8 Å². The van der Waals surface area contributed by atoms with E-state index in [1.54, 1.807) is 6.07 Å². The second-order valence-electron chi connectivity index (χ2n) is 5.88. The van der Waals surface area contributed by atoms with Crippen molar-refractivity contribution in [2.45, 2.75) is 31.6 Å². The van der Waals surface area contributed by atoms with Crippen LogP contribution < -0.4 is 0 Å². The standard InChI is InChI=1S/C19H20O3/c20-12-17-5-4-16-11-15(6-7-18(16)19(17)13-21)14-3-1-2-9-22-10-8-14/h4-7,11-14H,1-3,8-10H2. The first-order chi connectivity index (χ1) is 10.8. The van der Waals surface area contributed by atoms with Gasteiger partial charge in [0.05, 0.1) is 0 Å². The lowest BCUT2D eigenvalue weighted by atomic mass is 9.88. The van der Waals surface area contributed by atoms with Crippen molar-refractivity contribution in [2.75, 3.05) is 13.2 Å². The molecule has 3 nitrogen and oxygen atoms in total. The number of hydrogen-bond donors (Lipinski definition) is 0. The molecule has 1 aliphatic heterocycles. The molecule has 1 aliphatic rings. The maximum Gasteiger partial charge on any atom is 0.151 e. The van der Waals surface area contributed by atoms with Crippen LogP contribution >= 0.6 is 0 Å². The van der Waals surface area contributed by atoms with Gasteiger partial charge < -0.3 is 4.74 Å². The molecule has 2 aromatic rings. The minimum Gasteiger partial charge on any atom is -0.381 e. The molecule has 2 aromatic carbocycles. The highest BCUT2D eigenvalue weighted by Crippen LogP contribution is 2.31. The molecule has 1 atom stereocenters. The number of fused-ring (bicyclic) bond motifs is 1. The molecule has 1 heterocycles. The van der Waals surface area contributed by atoms with E-state index in [2.05, 4.69) is 12.1 Å². The predicted molar refractivity (Wildman–Crippen MR) is 86.8 cm³/mol. The van der Waals surface area contributed by atoms with Crippen molar-refractivity contribution in [2.24, 2.45) is 0 Å². The van der Waals surface area contributed by atoms with Gasteiger partial charge in [-0.05, 0) is 41.5 Å². The largest absolute Gasteiger partial charge is 0.381 e. The fourth-order valence-electron chi connectivity index (χ4n) is 3.28. The van der Waals surface area contributed by atoms with Gasteiger partial charge in [0.1, 0.15) is 0 Å². The van der Waals surface area contributed by atoms with E-state index in [-0.39, 0.29) is 0 Å². The second-order valence-corrected chi connectivity index (χ2v) is 5.88. The van der Waals surface area contributed by atoms with Gasteiger partial charge in [-0.25, -0.2) is 0 Å². The van der Waals surface area contributed by atoms with Crippen molar-refractivity contribution in [1.29, 1.82) is 0 Å². The Morgan fingerprint density at radius 2 is 1.86 bits per heavy atom. The van der Waals surface area contributed by atoms with E-state index in [4.69, 9.17) is 4.74 Å². The highest BCUT2D eigenvalue weighted by Gasteiger charge is 2.15. The Morgan fingerprint density at radius 3 is 2.68 bits per heavy atom. The Bertz CT molecular complexity index is 682. The zero-order valence-electron chi connectivity index (χ0n) is 12.6. The van der Waals surface area contributed by atoms with Crippen molar-refractivity contribution in [3.05, 3.63) is 47.0 Å². The lowest BCUT2D eigenvalue weighted by molar-refractivity contribution is 0.109. The van der Waals surface area contributed by atoms with Crippen LogP contribution in [0.15, 0.2) is 30.3 Å². The summed E-state index contributed by atoms with van der Waals surface area (Å²) in [5.41, 5.74) is 2.24. The maximum atomic E-state index is 11.3. The molecule has 1 fully saturated rings. The fraction of sp³-hybridized carbons (Fsp3) is 0.368. The van der Waals surface area contributed by atoms with Gasteiger partial charge in [-0.2, -0.15) is 0 Å². The van der Waals surface area contributed by atoms with E-state index in [1.807, 2.05) is 12.1 Å². The molecule has 1 saturated heterocycles. The SMILES string of the molecule is O=Cc1ccc2cc(C3CCCCOCC3)ccc2c1C=O. The number of carbonyl (C=O) groups is 2. The molecule has 0 amide bonds. The van der Waals surface area contributed by atoms with Crippen molar-refractivity contribution in [3.63, 3.8) is 0 Å². The Balaban J connectivity index is 1.98. The molecule has 3 heteroatoms. The van der Waals surface area contributed by atoms with E-state index in [0.717, 1.165) is 49.4 Å². The Kier molecular flexibility index (Phi) is 4.64. The van der Waals surface area contributed by atoms with E-state index in [1.165, 1.54) is 18.4 Å². The molecule has 114 valence electrons.